The predicted octanol–water partition coefficient (Wildman–Crippen LogP) is 2.85. The summed E-state index contributed by atoms with van der Waals surface area (Å²) in [4.78, 5) is 25.9. The first-order valence-corrected chi connectivity index (χ1v) is 8.53. The Bertz CT molecular complexity index is 776. The third kappa shape index (κ3) is 4.24. The Hall–Kier alpha value is -2.69. The van der Waals surface area contributed by atoms with E-state index in [1.165, 1.54) is 6.07 Å². The Kier molecular flexibility index (Phi) is 5.43. The zero-order chi connectivity index (χ0) is 17.6. The minimum atomic E-state index is -0.245. The van der Waals surface area contributed by atoms with Crippen molar-refractivity contribution in [2.24, 2.45) is 0 Å². The molecule has 2 aromatic carbocycles. The number of nitrogens with one attached hydrogen (secondary N) is 1. The maximum Gasteiger partial charge on any atom is 0.246 e. The van der Waals surface area contributed by atoms with Gasteiger partial charge in [-0.2, -0.15) is 0 Å². The first-order chi connectivity index (χ1) is 12.1. The van der Waals surface area contributed by atoms with Crippen molar-refractivity contribution in [2.45, 2.75) is 25.7 Å². The van der Waals surface area contributed by atoms with Crippen molar-refractivity contribution in [3.8, 4) is 0 Å². The van der Waals surface area contributed by atoms with Crippen molar-refractivity contribution in [3.05, 3.63) is 65.5 Å². The van der Waals surface area contributed by atoms with Gasteiger partial charge in [0.05, 0.1) is 6.54 Å². The fourth-order valence-corrected chi connectivity index (χ4v) is 3.10. The SMILES string of the molecule is O=C(CCCc1ccccc1F)NCC(=O)N1CCc2ccccc21. The summed E-state index contributed by atoms with van der Waals surface area (Å²) in [5.41, 5.74) is 2.70. The van der Waals surface area contributed by atoms with Crippen LogP contribution >= 0.6 is 0 Å². The molecule has 0 saturated carbocycles. The highest BCUT2D eigenvalue weighted by molar-refractivity contribution is 5.98. The van der Waals surface area contributed by atoms with E-state index >= 15 is 0 Å². The van der Waals surface area contributed by atoms with Gasteiger partial charge in [-0.15, -0.1) is 0 Å². The van der Waals surface area contributed by atoms with Gasteiger partial charge in [0.2, 0.25) is 11.8 Å². The number of hydrogen-bond donors (Lipinski definition) is 1. The molecule has 0 saturated heterocycles. The molecular weight excluding hydrogens is 319 g/mol. The molecule has 2 amide bonds. The van der Waals surface area contributed by atoms with Crippen molar-refractivity contribution >= 4 is 17.5 Å². The maximum atomic E-state index is 13.5. The Labute approximate surface area is 146 Å². The van der Waals surface area contributed by atoms with Crippen LogP contribution < -0.4 is 10.2 Å². The molecule has 1 aliphatic rings. The molecule has 2 aromatic rings. The van der Waals surface area contributed by atoms with Crippen LogP contribution in [0, 0.1) is 5.82 Å². The molecule has 1 N–H and O–H groups in total. The van der Waals surface area contributed by atoms with Crippen LogP contribution in [0.4, 0.5) is 10.1 Å². The Morgan fingerprint density at radius 3 is 2.68 bits per heavy atom. The molecular formula is C20H21FN2O2. The molecule has 0 aromatic heterocycles. The average Bonchev–Trinajstić information content (AvgIpc) is 3.05. The molecule has 0 atom stereocenters. The lowest BCUT2D eigenvalue weighted by molar-refractivity contribution is -0.125. The van der Waals surface area contributed by atoms with Crippen molar-refractivity contribution in [2.75, 3.05) is 18.0 Å². The van der Waals surface area contributed by atoms with Crippen LogP contribution in [0.1, 0.15) is 24.0 Å². The molecule has 3 rings (SSSR count). The van der Waals surface area contributed by atoms with Gasteiger partial charge in [-0.25, -0.2) is 4.39 Å². The normalized spacial score (nSPS) is 12.8. The molecule has 0 bridgehead atoms. The zero-order valence-electron chi connectivity index (χ0n) is 14.0. The number of halogens is 1. The highest BCUT2D eigenvalue weighted by Gasteiger charge is 2.23. The minimum absolute atomic E-state index is 0.00708. The van der Waals surface area contributed by atoms with E-state index in [1.54, 1.807) is 23.1 Å². The summed E-state index contributed by atoms with van der Waals surface area (Å²) in [7, 11) is 0. The topological polar surface area (TPSA) is 49.4 Å². The highest BCUT2D eigenvalue weighted by Crippen LogP contribution is 2.27. The summed E-state index contributed by atoms with van der Waals surface area (Å²) in [5.74, 6) is -0.532. The molecule has 1 aliphatic heterocycles. The highest BCUT2D eigenvalue weighted by atomic mass is 19.1. The van der Waals surface area contributed by atoms with Gasteiger partial charge >= 0.3 is 0 Å². The molecule has 0 radical (unpaired) electrons. The molecule has 0 spiro atoms. The van der Waals surface area contributed by atoms with E-state index in [0.717, 1.165) is 17.7 Å². The number of carbonyl (C=O) groups is 2. The molecule has 4 nitrogen and oxygen atoms in total. The zero-order valence-corrected chi connectivity index (χ0v) is 14.0. The summed E-state index contributed by atoms with van der Waals surface area (Å²) >= 11 is 0. The van der Waals surface area contributed by atoms with E-state index in [0.29, 0.717) is 24.9 Å². The lowest BCUT2D eigenvalue weighted by Gasteiger charge is -2.17. The van der Waals surface area contributed by atoms with E-state index in [9.17, 15) is 14.0 Å². The predicted molar refractivity (Wildman–Crippen MR) is 94.8 cm³/mol. The number of amides is 2. The largest absolute Gasteiger partial charge is 0.347 e. The van der Waals surface area contributed by atoms with E-state index in [4.69, 9.17) is 0 Å². The van der Waals surface area contributed by atoms with Gasteiger partial charge in [-0.1, -0.05) is 36.4 Å². The fraction of sp³-hybridized carbons (Fsp3) is 0.300. The number of anilines is 1. The van der Waals surface area contributed by atoms with Crippen LogP contribution in [-0.4, -0.2) is 24.9 Å². The Morgan fingerprint density at radius 1 is 1.08 bits per heavy atom. The molecule has 5 heteroatoms. The Morgan fingerprint density at radius 2 is 1.84 bits per heavy atom. The average molecular weight is 340 g/mol. The smallest absolute Gasteiger partial charge is 0.246 e. The minimum Gasteiger partial charge on any atom is -0.347 e. The van der Waals surface area contributed by atoms with Gasteiger partial charge < -0.3 is 10.2 Å². The summed E-state index contributed by atoms with van der Waals surface area (Å²) in [5, 5.41) is 2.67. The van der Waals surface area contributed by atoms with Gasteiger partial charge in [0, 0.05) is 18.7 Å². The van der Waals surface area contributed by atoms with Gasteiger partial charge in [0.25, 0.3) is 0 Å². The number of nitrogens with zero attached hydrogens (tertiary/aromatic N) is 1. The summed E-state index contributed by atoms with van der Waals surface area (Å²) < 4.78 is 13.5. The van der Waals surface area contributed by atoms with Crippen LogP contribution in [0.3, 0.4) is 0 Å². The van der Waals surface area contributed by atoms with Crippen LogP contribution in [-0.2, 0) is 22.4 Å². The number of fused-ring (bicyclic) bond motifs is 1. The molecule has 1 heterocycles. The summed E-state index contributed by atoms with van der Waals surface area (Å²) in [6.07, 6.45) is 2.18. The van der Waals surface area contributed by atoms with Gasteiger partial charge in [0.1, 0.15) is 5.82 Å². The Balaban J connectivity index is 1.42. The second-order valence-electron chi connectivity index (χ2n) is 6.15. The lowest BCUT2D eigenvalue weighted by atomic mass is 10.1. The summed E-state index contributed by atoms with van der Waals surface area (Å²) in [6.45, 7) is 0.647. The molecule has 0 unspecified atom stereocenters. The third-order valence-corrected chi connectivity index (χ3v) is 4.43. The van der Waals surface area contributed by atoms with Gasteiger partial charge in [-0.3, -0.25) is 9.59 Å². The van der Waals surface area contributed by atoms with E-state index in [2.05, 4.69) is 5.32 Å². The number of hydrogen-bond acceptors (Lipinski definition) is 2. The molecule has 0 fully saturated rings. The number of rotatable bonds is 6. The van der Waals surface area contributed by atoms with Crippen LogP contribution in [0.2, 0.25) is 0 Å². The number of aryl methyl sites for hydroxylation is 1. The molecule has 130 valence electrons. The molecule has 0 aliphatic carbocycles. The standard InChI is InChI=1S/C20H21FN2O2/c21-17-9-3-1-6-15(17)8-5-11-19(24)22-14-20(25)23-13-12-16-7-2-4-10-18(16)23/h1-4,6-7,9-10H,5,8,11-14H2,(H,22,24). The van der Waals surface area contributed by atoms with Crippen LogP contribution in [0.5, 0.6) is 0 Å². The quantitative estimate of drug-likeness (QED) is 0.879. The maximum absolute atomic E-state index is 13.5. The van der Waals surface area contributed by atoms with Crippen LogP contribution in [0.25, 0.3) is 0 Å². The van der Waals surface area contributed by atoms with E-state index in [1.807, 2.05) is 24.3 Å². The fourth-order valence-electron chi connectivity index (χ4n) is 3.10. The number of benzene rings is 2. The monoisotopic (exact) mass is 340 g/mol. The van der Waals surface area contributed by atoms with Crippen molar-refractivity contribution in [3.63, 3.8) is 0 Å². The first-order valence-electron chi connectivity index (χ1n) is 8.53. The van der Waals surface area contributed by atoms with Crippen LogP contribution in [0.15, 0.2) is 48.5 Å². The van der Waals surface area contributed by atoms with Crippen molar-refractivity contribution in [1.29, 1.82) is 0 Å². The molecule has 25 heavy (non-hydrogen) atoms. The van der Waals surface area contributed by atoms with E-state index in [-0.39, 0.29) is 30.6 Å². The first kappa shape index (κ1) is 17.1. The number of carbonyl (C=O) groups excluding carboxylic acids is 2. The second kappa shape index (κ2) is 7.92. The van der Waals surface area contributed by atoms with Gasteiger partial charge in [-0.05, 0) is 42.5 Å². The summed E-state index contributed by atoms with van der Waals surface area (Å²) in [6, 6.07) is 14.4. The van der Waals surface area contributed by atoms with Gasteiger partial charge in [0.15, 0.2) is 0 Å². The third-order valence-electron chi connectivity index (χ3n) is 4.43. The number of para-hydroxylation sites is 1. The van der Waals surface area contributed by atoms with Crippen molar-refractivity contribution in [1.82, 2.24) is 5.32 Å². The lowest BCUT2D eigenvalue weighted by Crippen LogP contribution is -2.39. The van der Waals surface area contributed by atoms with E-state index < -0.39 is 0 Å². The second-order valence-corrected chi connectivity index (χ2v) is 6.15. The van der Waals surface area contributed by atoms with Crippen molar-refractivity contribution < 1.29 is 14.0 Å².